The van der Waals surface area contributed by atoms with Crippen LogP contribution in [0.3, 0.4) is 0 Å². The second kappa shape index (κ2) is 3.48. The number of hydrogen-bond acceptors (Lipinski definition) is 3. The first-order chi connectivity index (χ1) is 8.88. The molecule has 90 valence electrons. The molecule has 0 N–H and O–H groups in total. The van der Waals surface area contributed by atoms with E-state index in [9.17, 15) is 0 Å². The molecule has 18 heavy (non-hydrogen) atoms. The second-order valence-electron chi connectivity index (χ2n) is 4.77. The van der Waals surface area contributed by atoms with Crippen LogP contribution in [-0.2, 0) is 12.8 Å². The highest BCUT2D eigenvalue weighted by atomic mass is 16.5. The SMILES string of the molecule is COc1cccc2c1cc1c3c(onc32)CCC1. The fraction of sp³-hybridized carbons (Fsp3) is 0.267. The second-order valence-corrected chi connectivity index (χ2v) is 4.77. The lowest BCUT2D eigenvalue weighted by Crippen LogP contribution is -1.98. The molecule has 0 atom stereocenters. The monoisotopic (exact) mass is 239 g/mol. The Balaban J connectivity index is 2.23. The maximum Gasteiger partial charge on any atom is 0.144 e. The molecule has 0 radical (unpaired) electrons. The predicted molar refractivity (Wildman–Crippen MR) is 70.1 cm³/mol. The van der Waals surface area contributed by atoms with Crippen molar-refractivity contribution < 1.29 is 9.26 Å². The zero-order valence-corrected chi connectivity index (χ0v) is 10.2. The average molecular weight is 239 g/mol. The highest BCUT2D eigenvalue weighted by Gasteiger charge is 2.20. The van der Waals surface area contributed by atoms with Crippen LogP contribution >= 0.6 is 0 Å². The quantitative estimate of drug-likeness (QED) is 0.652. The van der Waals surface area contributed by atoms with Crippen LogP contribution in [0.4, 0.5) is 0 Å². The fourth-order valence-electron chi connectivity index (χ4n) is 2.97. The van der Waals surface area contributed by atoms with E-state index in [0.29, 0.717) is 0 Å². The predicted octanol–water partition coefficient (Wildman–Crippen LogP) is 3.48. The highest BCUT2D eigenvalue weighted by Crippen LogP contribution is 2.37. The minimum Gasteiger partial charge on any atom is -0.496 e. The number of fused-ring (bicyclic) bond motifs is 2. The van der Waals surface area contributed by atoms with Crippen LogP contribution in [-0.4, -0.2) is 12.3 Å². The van der Waals surface area contributed by atoms with Crippen LogP contribution in [0.15, 0.2) is 28.8 Å². The number of aromatic nitrogens is 1. The van der Waals surface area contributed by atoms with E-state index in [1.165, 1.54) is 10.9 Å². The van der Waals surface area contributed by atoms with E-state index in [2.05, 4.69) is 17.3 Å². The first-order valence-electron chi connectivity index (χ1n) is 6.25. The maximum absolute atomic E-state index is 5.49. The summed E-state index contributed by atoms with van der Waals surface area (Å²) in [5, 5.41) is 7.73. The van der Waals surface area contributed by atoms with E-state index in [-0.39, 0.29) is 0 Å². The first-order valence-corrected chi connectivity index (χ1v) is 6.25. The topological polar surface area (TPSA) is 35.3 Å². The van der Waals surface area contributed by atoms with Crippen LogP contribution in [0.5, 0.6) is 5.75 Å². The lowest BCUT2D eigenvalue weighted by atomic mass is 9.92. The summed E-state index contributed by atoms with van der Waals surface area (Å²) in [7, 11) is 1.71. The van der Waals surface area contributed by atoms with Crippen LogP contribution in [0.1, 0.15) is 17.7 Å². The van der Waals surface area contributed by atoms with Crippen molar-refractivity contribution in [2.75, 3.05) is 7.11 Å². The molecule has 0 aliphatic heterocycles. The number of aryl methyl sites for hydroxylation is 2. The standard InChI is InChI=1S/C15H13NO2/c1-17-12-6-3-5-10-11(12)8-9-4-2-7-13-14(9)15(10)16-18-13/h3,5-6,8H,2,4,7H2,1H3. The number of nitrogens with zero attached hydrogens (tertiary/aromatic N) is 1. The van der Waals surface area contributed by atoms with Crippen molar-refractivity contribution in [2.24, 2.45) is 0 Å². The van der Waals surface area contributed by atoms with Gasteiger partial charge in [-0.25, -0.2) is 0 Å². The van der Waals surface area contributed by atoms with Crippen molar-refractivity contribution in [1.82, 2.24) is 5.16 Å². The minimum atomic E-state index is 0.903. The Morgan fingerprint density at radius 2 is 2.17 bits per heavy atom. The van der Waals surface area contributed by atoms with Gasteiger partial charge in [0.25, 0.3) is 0 Å². The van der Waals surface area contributed by atoms with Gasteiger partial charge in [-0.05, 0) is 30.5 Å². The van der Waals surface area contributed by atoms with Crippen molar-refractivity contribution in [2.45, 2.75) is 19.3 Å². The molecule has 0 bridgehead atoms. The van der Waals surface area contributed by atoms with Gasteiger partial charge in [-0.1, -0.05) is 17.3 Å². The van der Waals surface area contributed by atoms with E-state index in [4.69, 9.17) is 9.26 Å². The molecule has 0 fully saturated rings. The minimum absolute atomic E-state index is 0.903. The van der Waals surface area contributed by atoms with Crippen LogP contribution in [0, 0.1) is 0 Å². The van der Waals surface area contributed by atoms with Gasteiger partial charge in [0.2, 0.25) is 0 Å². The Morgan fingerprint density at radius 1 is 1.22 bits per heavy atom. The largest absolute Gasteiger partial charge is 0.496 e. The normalized spacial score (nSPS) is 14.3. The van der Waals surface area contributed by atoms with Crippen LogP contribution in [0.2, 0.25) is 0 Å². The van der Waals surface area contributed by atoms with Crippen LogP contribution < -0.4 is 4.74 Å². The van der Waals surface area contributed by atoms with E-state index < -0.39 is 0 Å². The molecule has 1 heterocycles. The summed E-state index contributed by atoms with van der Waals surface area (Å²) in [4.78, 5) is 0. The Kier molecular flexibility index (Phi) is 1.92. The zero-order valence-electron chi connectivity index (χ0n) is 10.2. The molecule has 0 amide bonds. The average Bonchev–Trinajstić information content (AvgIpc) is 2.85. The summed E-state index contributed by atoms with van der Waals surface area (Å²) in [6.07, 6.45) is 3.23. The van der Waals surface area contributed by atoms with Gasteiger partial charge in [0.15, 0.2) is 0 Å². The van der Waals surface area contributed by atoms with Gasteiger partial charge < -0.3 is 9.26 Å². The third-order valence-corrected chi connectivity index (χ3v) is 3.79. The Bertz CT molecular complexity index is 758. The molecule has 0 saturated carbocycles. The van der Waals surface area contributed by atoms with Crippen LogP contribution in [0.25, 0.3) is 21.7 Å². The molecule has 3 heteroatoms. The van der Waals surface area contributed by atoms with E-state index >= 15 is 0 Å². The van der Waals surface area contributed by atoms with Gasteiger partial charge in [-0.15, -0.1) is 0 Å². The molecular weight excluding hydrogens is 226 g/mol. The molecule has 4 rings (SSSR count). The van der Waals surface area contributed by atoms with E-state index in [0.717, 1.165) is 47.1 Å². The summed E-state index contributed by atoms with van der Waals surface area (Å²) in [6, 6.07) is 8.30. The molecule has 1 aliphatic carbocycles. The number of rotatable bonds is 1. The smallest absolute Gasteiger partial charge is 0.144 e. The van der Waals surface area contributed by atoms with E-state index in [1.807, 2.05) is 12.1 Å². The maximum atomic E-state index is 5.49. The molecule has 2 aromatic carbocycles. The third kappa shape index (κ3) is 1.16. The summed E-state index contributed by atoms with van der Waals surface area (Å²) < 4.78 is 10.9. The molecule has 0 spiro atoms. The van der Waals surface area contributed by atoms with Gasteiger partial charge in [0, 0.05) is 22.6 Å². The molecule has 3 nitrogen and oxygen atoms in total. The van der Waals surface area contributed by atoms with Crippen molar-refractivity contribution >= 4 is 21.7 Å². The Hall–Kier alpha value is -2.03. The number of methoxy groups -OCH3 is 1. The molecule has 1 aliphatic rings. The van der Waals surface area contributed by atoms with Crippen molar-refractivity contribution in [3.8, 4) is 5.75 Å². The first kappa shape index (κ1) is 9.95. The molecular formula is C15H13NO2. The molecule has 0 saturated heterocycles. The third-order valence-electron chi connectivity index (χ3n) is 3.79. The van der Waals surface area contributed by atoms with Gasteiger partial charge in [0.1, 0.15) is 17.0 Å². The van der Waals surface area contributed by atoms with E-state index in [1.54, 1.807) is 7.11 Å². The van der Waals surface area contributed by atoms with Gasteiger partial charge in [0.05, 0.1) is 7.11 Å². The van der Waals surface area contributed by atoms with Crippen molar-refractivity contribution in [3.63, 3.8) is 0 Å². The molecule has 3 aromatic rings. The summed E-state index contributed by atoms with van der Waals surface area (Å²) in [5.74, 6) is 1.94. The fourth-order valence-corrected chi connectivity index (χ4v) is 2.97. The number of hydrogen-bond donors (Lipinski definition) is 0. The van der Waals surface area contributed by atoms with Crippen molar-refractivity contribution in [3.05, 3.63) is 35.6 Å². The van der Waals surface area contributed by atoms with Gasteiger partial charge in [-0.2, -0.15) is 0 Å². The number of benzene rings is 2. The van der Waals surface area contributed by atoms with Crippen molar-refractivity contribution in [1.29, 1.82) is 0 Å². The number of ether oxygens (including phenoxy) is 1. The molecule has 1 aromatic heterocycles. The molecule has 0 unspecified atom stereocenters. The Morgan fingerprint density at radius 3 is 3.06 bits per heavy atom. The van der Waals surface area contributed by atoms with Gasteiger partial charge in [-0.3, -0.25) is 0 Å². The summed E-state index contributed by atoms with van der Waals surface area (Å²) in [6.45, 7) is 0. The lowest BCUT2D eigenvalue weighted by molar-refractivity contribution is 0.386. The Labute approximate surface area is 104 Å². The summed E-state index contributed by atoms with van der Waals surface area (Å²) in [5.41, 5.74) is 2.32. The summed E-state index contributed by atoms with van der Waals surface area (Å²) >= 11 is 0. The van der Waals surface area contributed by atoms with Gasteiger partial charge >= 0.3 is 0 Å². The zero-order chi connectivity index (χ0) is 12.1. The highest BCUT2D eigenvalue weighted by molar-refractivity contribution is 6.09. The lowest BCUT2D eigenvalue weighted by Gasteiger charge is -2.12.